The van der Waals surface area contributed by atoms with Gasteiger partial charge >= 0.3 is 0 Å². The first-order valence-electron chi connectivity index (χ1n) is 7.13. The number of benzene rings is 1. The summed E-state index contributed by atoms with van der Waals surface area (Å²) in [7, 11) is 0. The Morgan fingerprint density at radius 1 is 1.05 bits per heavy atom. The molecule has 0 fully saturated rings. The van der Waals surface area contributed by atoms with Crippen LogP contribution in [0.15, 0.2) is 18.2 Å². The summed E-state index contributed by atoms with van der Waals surface area (Å²) in [6.07, 6.45) is -0.360. The van der Waals surface area contributed by atoms with Crippen molar-refractivity contribution in [2.75, 3.05) is 39.8 Å². The summed E-state index contributed by atoms with van der Waals surface area (Å²) in [6, 6.07) is 5.44. The zero-order valence-electron chi connectivity index (χ0n) is 12.5. The molecule has 0 spiro atoms. The van der Waals surface area contributed by atoms with Crippen LogP contribution in [0.3, 0.4) is 0 Å². The first-order valence-corrected chi connectivity index (χ1v) is 7.13. The lowest BCUT2D eigenvalue weighted by molar-refractivity contribution is -0.0859. The van der Waals surface area contributed by atoms with Crippen molar-refractivity contribution in [2.45, 2.75) is 20.1 Å². The van der Waals surface area contributed by atoms with Crippen LogP contribution in [-0.2, 0) is 14.2 Å². The van der Waals surface area contributed by atoms with E-state index in [4.69, 9.17) is 28.4 Å². The van der Waals surface area contributed by atoms with E-state index in [1.165, 1.54) is 0 Å². The molecule has 0 aliphatic carbocycles. The smallest absolute Gasteiger partial charge is 0.231 e. The van der Waals surface area contributed by atoms with E-state index in [9.17, 15) is 0 Å². The molecule has 1 aromatic carbocycles. The quantitative estimate of drug-likeness (QED) is 0.487. The molecule has 1 aliphatic rings. The van der Waals surface area contributed by atoms with Gasteiger partial charge < -0.3 is 28.4 Å². The van der Waals surface area contributed by atoms with Crippen LogP contribution in [0.4, 0.5) is 0 Å². The summed E-state index contributed by atoms with van der Waals surface area (Å²) in [5, 5.41) is 0. The zero-order valence-corrected chi connectivity index (χ0v) is 12.5. The topological polar surface area (TPSA) is 55.4 Å². The molecule has 0 aromatic heterocycles. The van der Waals surface area contributed by atoms with Crippen molar-refractivity contribution in [1.82, 2.24) is 0 Å². The van der Waals surface area contributed by atoms with Gasteiger partial charge in [-0.05, 0) is 26.0 Å². The fourth-order valence-electron chi connectivity index (χ4n) is 1.81. The maximum absolute atomic E-state index is 5.65. The van der Waals surface area contributed by atoms with Gasteiger partial charge in [0.05, 0.1) is 26.4 Å². The average molecular weight is 298 g/mol. The van der Waals surface area contributed by atoms with E-state index in [1.807, 2.05) is 26.0 Å². The van der Waals surface area contributed by atoms with E-state index in [1.54, 1.807) is 6.07 Å². The van der Waals surface area contributed by atoms with Crippen LogP contribution in [0.1, 0.15) is 13.8 Å². The molecule has 2 rings (SSSR count). The standard InChI is InChI=1S/C15H22O6/c1-3-16-6-7-17-8-9-18-12(2)21-13-4-5-14-15(10-13)20-11-19-14/h4-5,10,12H,3,6-9,11H2,1-2H3/t12-/m1/s1. The predicted molar refractivity (Wildman–Crippen MR) is 75.9 cm³/mol. The van der Waals surface area contributed by atoms with Gasteiger partial charge in [0.2, 0.25) is 6.79 Å². The van der Waals surface area contributed by atoms with Crippen molar-refractivity contribution in [3.05, 3.63) is 18.2 Å². The Bertz CT molecular complexity index is 423. The van der Waals surface area contributed by atoms with Crippen LogP contribution >= 0.6 is 0 Å². The van der Waals surface area contributed by atoms with Gasteiger partial charge in [-0.3, -0.25) is 0 Å². The van der Waals surface area contributed by atoms with E-state index in [-0.39, 0.29) is 13.1 Å². The molecule has 0 N–H and O–H groups in total. The van der Waals surface area contributed by atoms with Gasteiger partial charge in [-0.15, -0.1) is 0 Å². The Labute approximate surface area is 124 Å². The first kappa shape index (κ1) is 15.9. The van der Waals surface area contributed by atoms with Crippen LogP contribution in [0.2, 0.25) is 0 Å². The van der Waals surface area contributed by atoms with Gasteiger partial charge in [-0.1, -0.05) is 0 Å². The van der Waals surface area contributed by atoms with Crippen molar-refractivity contribution in [2.24, 2.45) is 0 Å². The van der Waals surface area contributed by atoms with Gasteiger partial charge in [0.25, 0.3) is 0 Å². The Kier molecular flexibility index (Phi) is 6.59. The minimum absolute atomic E-state index is 0.254. The van der Waals surface area contributed by atoms with Crippen molar-refractivity contribution in [1.29, 1.82) is 0 Å². The van der Waals surface area contributed by atoms with E-state index >= 15 is 0 Å². The minimum atomic E-state index is -0.360. The van der Waals surface area contributed by atoms with E-state index in [0.29, 0.717) is 44.5 Å². The molecular weight excluding hydrogens is 276 g/mol. The first-order chi connectivity index (χ1) is 10.3. The minimum Gasteiger partial charge on any atom is -0.465 e. The number of hydrogen-bond acceptors (Lipinski definition) is 6. The molecule has 1 heterocycles. The van der Waals surface area contributed by atoms with Crippen molar-refractivity contribution < 1.29 is 28.4 Å². The Balaban J connectivity index is 1.60. The van der Waals surface area contributed by atoms with Crippen molar-refractivity contribution >= 4 is 0 Å². The van der Waals surface area contributed by atoms with Gasteiger partial charge in [0.15, 0.2) is 17.8 Å². The average Bonchev–Trinajstić information content (AvgIpc) is 2.94. The monoisotopic (exact) mass is 298 g/mol. The van der Waals surface area contributed by atoms with E-state index in [2.05, 4.69) is 0 Å². The highest BCUT2D eigenvalue weighted by Crippen LogP contribution is 2.35. The molecule has 0 saturated carbocycles. The molecular formula is C15H22O6. The summed E-state index contributed by atoms with van der Waals surface area (Å²) in [5.74, 6) is 2.11. The lowest BCUT2D eigenvalue weighted by Gasteiger charge is -2.15. The largest absolute Gasteiger partial charge is 0.465 e. The molecule has 0 saturated heterocycles. The van der Waals surface area contributed by atoms with Gasteiger partial charge in [0, 0.05) is 12.7 Å². The molecule has 0 unspecified atom stereocenters. The Hall–Kier alpha value is -1.50. The van der Waals surface area contributed by atoms with Gasteiger partial charge in [-0.2, -0.15) is 0 Å². The third-order valence-electron chi connectivity index (χ3n) is 2.80. The van der Waals surface area contributed by atoms with Gasteiger partial charge in [0.1, 0.15) is 5.75 Å². The highest BCUT2D eigenvalue weighted by molar-refractivity contribution is 5.46. The number of rotatable bonds is 10. The molecule has 1 atom stereocenters. The fraction of sp³-hybridized carbons (Fsp3) is 0.600. The van der Waals surface area contributed by atoms with E-state index in [0.717, 1.165) is 5.75 Å². The summed E-state index contributed by atoms with van der Waals surface area (Å²) in [6.45, 7) is 6.93. The lowest BCUT2D eigenvalue weighted by atomic mass is 10.3. The molecule has 0 radical (unpaired) electrons. The van der Waals surface area contributed by atoms with Crippen LogP contribution in [0.5, 0.6) is 17.2 Å². The second-order valence-corrected chi connectivity index (χ2v) is 4.38. The molecule has 0 bridgehead atoms. The fourth-order valence-corrected chi connectivity index (χ4v) is 1.81. The SMILES string of the molecule is CCOCCOCCO[C@@H](C)Oc1ccc2c(c1)OCO2. The van der Waals surface area contributed by atoms with Crippen LogP contribution in [0.25, 0.3) is 0 Å². The maximum Gasteiger partial charge on any atom is 0.231 e. The molecule has 1 aliphatic heterocycles. The summed E-state index contributed by atoms with van der Waals surface area (Å²) in [4.78, 5) is 0. The molecule has 0 amide bonds. The Morgan fingerprint density at radius 2 is 1.81 bits per heavy atom. The molecule has 21 heavy (non-hydrogen) atoms. The number of fused-ring (bicyclic) bond motifs is 1. The van der Waals surface area contributed by atoms with Crippen molar-refractivity contribution in [3.63, 3.8) is 0 Å². The molecule has 1 aromatic rings. The highest BCUT2D eigenvalue weighted by Gasteiger charge is 2.14. The van der Waals surface area contributed by atoms with E-state index < -0.39 is 0 Å². The number of hydrogen-bond donors (Lipinski definition) is 0. The summed E-state index contributed by atoms with van der Waals surface area (Å²) >= 11 is 0. The third kappa shape index (κ3) is 5.41. The van der Waals surface area contributed by atoms with Crippen LogP contribution in [-0.4, -0.2) is 46.1 Å². The predicted octanol–water partition coefficient (Wildman–Crippen LogP) is 2.21. The second-order valence-electron chi connectivity index (χ2n) is 4.38. The molecule has 6 heteroatoms. The molecule has 118 valence electrons. The normalized spacial score (nSPS) is 14.2. The van der Waals surface area contributed by atoms with Crippen LogP contribution < -0.4 is 14.2 Å². The number of ether oxygens (including phenoxy) is 6. The summed E-state index contributed by atoms with van der Waals surface area (Å²) < 4.78 is 32.2. The summed E-state index contributed by atoms with van der Waals surface area (Å²) in [5.41, 5.74) is 0. The molecule has 6 nitrogen and oxygen atoms in total. The Morgan fingerprint density at radius 3 is 2.67 bits per heavy atom. The zero-order chi connectivity index (χ0) is 14.9. The van der Waals surface area contributed by atoms with Crippen molar-refractivity contribution in [3.8, 4) is 17.2 Å². The highest BCUT2D eigenvalue weighted by atomic mass is 16.7. The van der Waals surface area contributed by atoms with Gasteiger partial charge in [-0.25, -0.2) is 0 Å². The third-order valence-corrected chi connectivity index (χ3v) is 2.80. The second kappa shape index (κ2) is 8.71. The maximum atomic E-state index is 5.65. The van der Waals surface area contributed by atoms with Crippen LogP contribution in [0, 0.1) is 0 Å². The lowest BCUT2D eigenvalue weighted by Crippen LogP contribution is -2.19.